The monoisotopic (exact) mass is 460 g/mol. The highest BCUT2D eigenvalue weighted by molar-refractivity contribution is 5.86. The number of alkyl carbamates (subject to hydrolysis) is 1. The van der Waals surface area contributed by atoms with Gasteiger partial charge in [-0.3, -0.25) is 4.79 Å². The van der Waals surface area contributed by atoms with E-state index in [0.29, 0.717) is 0 Å². The maximum atomic E-state index is 13.4. The third-order valence-electron chi connectivity index (χ3n) is 6.78. The maximum Gasteiger partial charge on any atom is 0.407 e. The third-order valence-corrected chi connectivity index (χ3v) is 6.78. The van der Waals surface area contributed by atoms with Gasteiger partial charge in [0, 0.05) is 13.0 Å². The number of rotatable bonds is 8. The van der Waals surface area contributed by atoms with Gasteiger partial charge in [-0.05, 0) is 41.0 Å². The number of carbonyl (C=O) groups excluding carboxylic acids is 2. The molecule has 5 nitrogen and oxygen atoms in total. The van der Waals surface area contributed by atoms with Crippen molar-refractivity contribution in [3.8, 4) is 23.0 Å². The van der Waals surface area contributed by atoms with Gasteiger partial charge in [0.05, 0.1) is 6.04 Å². The molecule has 2 aromatic carbocycles. The van der Waals surface area contributed by atoms with Crippen molar-refractivity contribution in [3.63, 3.8) is 0 Å². The average molecular weight is 461 g/mol. The second-order valence-corrected chi connectivity index (χ2v) is 9.37. The van der Waals surface area contributed by atoms with Crippen molar-refractivity contribution in [3.05, 3.63) is 59.7 Å². The van der Waals surface area contributed by atoms with Gasteiger partial charge >= 0.3 is 6.09 Å². The lowest BCUT2D eigenvalue weighted by Crippen LogP contribution is -2.54. The SMILES string of the molecule is CC#C[C@H](C(C)C)N(C)C(=O)[C@@H](NC(=O)OCC1c2ccccc2-c2ccccc21)[C@@H](C)CC. The number of hydrogen-bond donors (Lipinski definition) is 1. The van der Waals surface area contributed by atoms with Crippen LogP contribution in [0.2, 0.25) is 0 Å². The molecule has 0 fully saturated rings. The van der Waals surface area contributed by atoms with Crippen LogP contribution in [0.4, 0.5) is 4.79 Å². The molecule has 34 heavy (non-hydrogen) atoms. The number of nitrogens with zero attached hydrogens (tertiary/aromatic N) is 1. The molecule has 0 saturated heterocycles. The number of likely N-dealkylation sites (N-methyl/N-ethyl adjacent to an activating group) is 1. The minimum Gasteiger partial charge on any atom is -0.449 e. The fraction of sp³-hybridized carbons (Fsp3) is 0.448. The number of hydrogen-bond acceptors (Lipinski definition) is 3. The fourth-order valence-electron chi connectivity index (χ4n) is 4.67. The summed E-state index contributed by atoms with van der Waals surface area (Å²) in [4.78, 5) is 27.9. The van der Waals surface area contributed by atoms with Crippen LogP contribution in [0.25, 0.3) is 11.1 Å². The van der Waals surface area contributed by atoms with E-state index < -0.39 is 12.1 Å². The molecule has 0 unspecified atom stereocenters. The second kappa shape index (κ2) is 11.2. The minimum atomic E-state index is -0.675. The zero-order valence-electron chi connectivity index (χ0n) is 21.1. The number of fused-ring (bicyclic) bond motifs is 3. The lowest BCUT2D eigenvalue weighted by atomic mass is 9.96. The van der Waals surface area contributed by atoms with Gasteiger partial charge in [0.1, 0.15) is 12.6 Å². The molecule has 0 aromatic heterocycles. The van der Waals surface area contributed by atoms with Gasteiger partial charge in [-0.25, -0.2) is 4.79 Å². The standard InChI is InChI=1S/C29H36N2O3/c1-7-13-26(19(3)4)31(6)28(32)27(20(5)8-2)30-29(33)34-18-25-23-16-11-9-14-21(23)22-15-10-12-17-24(22)25/h9-12,14-17,19-20,25-27H,8,18H2,1-6H3,(H,30,33)/t20-,26+,27-/m0/s1. The van der Waals surface area contributed by atoms with E-state index in [0.717, 1.165) is 17.5 Å². The van der Waals surface area contributed by atoms with E-state index in [4.69, 9.17) is 4.74 Å². The Labute approximate surface area is 203 Å². The van der Waals surface area contributed by atoms with Crippen LogP contribution < -0.4 is 5.32 Å². The molecule has 1 N–H and O–H groups in total. The number of ether oxygens (including phenoxy) is 1. The van der Waals surface area contributed by atoms with Crippen molar-refractivity contribution < 1.29 is 14.3 Å². The van der Waals surface area contributed by atoms with E-state index in [9.17, 15) is 9.59 Å². The van der Waals surface area contributed by atoms with E-state index in [1.54, 1.807) is 18.9 Å². The molecule has 2 aromatic rings. The molecule has 0 bridgehead atoms. The molecule has 0 radical (unpaired) electrons. The lowest BCUT2D eigenvalue weighted by molar-refractivity contribution is -0.135. The number of carbonyl (C=O) groups is 2. The van der Waals surface area contributed by atoms with Crippen molar-refractivity contribution in [2.24, 2.45) is 11.8 Å². The Bertz CT molecular complexity index is 1040. The maximum absolute atomic E-state index is 13.4. The first-order chi connectivity index (χ1) is 16.3. The summed E-state index contributed by atoms with van der Waals surface area (Å²) in [5.41, 5.74) is 4.67. The Balaban J connectivity index is 1.72. The lowest BCUT2D eigenvalue weighted by Gasteiger charge is -2.33. The fourth-order valence-corrected chi connectivity index (χ4v) is 4.67. The topological polar surface area (TPSA) is 58.6 Å². The van der Waals surface area contributed by atoms with Crippen molar-refractivity contribution in [2.45, 2.75) is 59.0 Å². The van der Waals surface area contributed by atoms with Gasteiger partial charge in [0.25, 0.3) is 0 Å². The zero-order valence-corrected chi connectivity index (χ0v) is 21.1. The first-order valence-electron chi connectivity index (χ1n) is 12.1. The Hall–Kier alpha value is -3.26. The smallest absolute Gasteiger partial charge is 0.407 e. The van der Waals surface area contributed by atoms with Gasteiger partial charge in [0.15, 0.2) is 0 Å². The van der Waals surface area contributed by atoms with Crippen LogP contribution in [-0.2, 0) is 9.53 Å². The Morgan fingerprint density at radius 2 is 1.59 bits per heavy atom. The number of nitrogens with one attached hydrogen (secondary N) is 1. The molecule has 0 saturated carbocycles. The van der Waals surface area contributed by atoms with Crippen molar-refractivity contribution in [1.82, 2.24) is 10.2 Å². The first kappa shape index (κ1) is 25.4. The van der Waals surface area contributed by atoms with Gasteiger partial charge < -0.3 is 15.0 Å². The van der Waals surface area contributed by atoms with Gasteiger partial charge in [-0.15, -0.1) is 5.92 Å². The predicted molar refractivity (Wildman–Crippen MR) is 136 cm³/mol. The van der Waals surface area contributed by atoms with Crippen molar-refractivity contribution >= 4 is 12.0 Å². The van der Waals surface area contributed by atoms with E-state index in [-0.39, 0.29) is 36.3 Å². The van der Waals surface area contributed by atoms with Gasteiger partial charge in [0.2, 0.25) is 5.91 Å². The molecule has 2 amide bonds. The van der Waals surface area contributed by atoms with Crippen LogP contribution in [0.5, 0.6) is 0 Å². The second-order valence-electron chi connectivity index (χ2n) is 9.37. The van der Waals surface area contributed by atoms with Crippen LogP contribution >= 0.6 is 0 Å². The summed E-state index contributed by atoms with van der Waals surface area (Å²) in [5.74, 6) is 6.00. The molecular formula is C29H36N2O3. The van der Waals surface area contributed by atoms with E-state index in [2.05, 4.69) is 41.4 Å². The molecule has 5 heteroatoms. The predicted octanol–water partition coefficient (Wildman–Crippen LogP) is 5.45. The van der Waals surface area contributed by atoms with Crippen molar-refractivity contribution in [2.75, 3.05) is 13.7 Å². The van der Waals surface area contributed by atoms with E-state index >= 15 is 0 Å². The van der Waals surface area contributed by atoms with Gasteiger partial charge in [-0.1, -0.05) is 88.6 Å². The summed E-state index contributed by atoms with van der Waals surface area (Å²) in [7, 11) is 1.76. The quantitative estimate of drug-likeness (QED) is 0.533. The highest BCUT2D eigenvalue weighted by atomic mass is 16.5. The Morgan fingerprint density at radius 1 is 1.03 bits per heavy atom. The van der Waals surface area contributed by atoms with E-state index in [1.807, 2.05) is 52.0 Å². The molecule has 0 spiro atoms. The summed E-state index contributed by atoms with van der Waals surface area (Å²) in [6, 6.07) is 15.6. The number of amides is 2. The zero-order chi connectivity index (χ0) is 24.8. The van der Waals surface area contributed by atoms with Crippen LogP contribution in [0.3, 0.4) is 0 Å². The normalized spacial score (nSPS) is 14.8. The van der Waals surface area contributed by atoms with E-state index in [1.165, 1.54) is 11.1 Å². The molecule has 3 atom stereocenters. The van der Waals surface area contributed by atoms with Gasteiger partial charge in [-0.2, -0.15) is 0 Å². The molecule has 3 rings (SSSR count). The summed E-state index contributed by atoms with van der Waals surface area (Å²) in [6.07, 6.45) is 0.177. The summed E-state index contributed by atoms with van der Waals surface area (Å²) in [5, 5.41) is 2.86. The molecule has 0 heterocycles. The Kier molecular flexibility index (Phi) is 8.39. The van der Waals surface area contributed by atoms with Crippen LogP contribution in [0.15, 0.2) is 48.5 Å². The molecule has 0 aliphatic heterocycles. The molecule has 1 aliphatic carbocycles. The van der Waals surface area contributed by atoms with Crippen LogP contribution in [-0.4, -0.2) is 42.6 Å². The highest BCUT2D eigenvalue weighted by Crippen LogP contribution is 2.44. The summed E-state index contributed by atoms with van der Waals surface area (Å²) >= 11 is 0. The largest absolute Gasteiger partial charge is 0.449 e. The molecular weight excluding hydrogens is 424 g/mol. The minimum absolute atomic E-state index is 0.0243. The Morgan fingerprint density at radius 3 is 2.09 bits per heavy atom. The van der Waals surface area contributed by atoms with Crippen LogP contribution in [0, 0.1) is 23.7 Å². The average Bonchev–Trinajstić information content (AvgIpc) is 3.16. The molecule has 1 aliphatic rings. The number of benzene rings is 2. The first-order valence-corrected chi connectivity index (χ1v) is 12.1. The highest BCUT2D eigenvalue weighted by Gasteiger charge is 2.33. The molecule has 180 valence electrons. The third kappa shape index (κ3) is 5.28. The van der Waals surface area contributed by atoms with Crippen LogP contribution in [0.1, 0.15) is 58.1 Å². The summed E-state index contributed by atoms with van der Waals surface area (Å²) < 4.78 is 5.70. The summed E-state index contributed by atoms with van der Waals surface area (Å²) in [6.45, 7) is 10.0. The van der Waals surface area contributed by atoms with Crippen molar-refractivity contribution in [1.29, 1.82) is 0 Å².